The summed E-state index contributed by atoms with van der Waals surface area (Å²) in [5, 5.41) is 13.1. The number of likely N-dealkylation sites (N-methyl/N-ethyl adjacent to an activating group) is 2. The lowest BCUT2D eigenvalue weighted by Crippen LogP contribution is -2.49. The molecule has 6 nitrogen and oxygen atoms in total. The third kappa shape index (κ3) is 4.65. The Morgan fingerprint density at radius 1 is 1.27 bits per heavy atom. The van der Waals surface area contributed by atoms with Crippen LogP contribution in [0, 0.1) is 5.41 Å². The highest BCUT2D eigenvalue weighted by atomic mass is 16.5. The van der Waals surface area contributed by atoms with Crippen molar-refractivity contribution < 1.29 is 14.6 Å². The van der Waals surface area contributed by atoms with Crippen molar-refractivity contribution in [1.82, 2.24) is 15.1 Å². The summed E-state index contributed by atoms with van der Waals surface area (Å²) in [6.45, 7) is 4.62. The van der Waals surface area contributed by atoms with E-state index in [0.717, 1.165) is 38.8 Å². The fourth-order valence-corrected chi connectivity index (χ4v) is 3.47. The second-order valence-electron chi connectivity index (χ2n) is 6.92. The minimum Gasteiger partial charge on any atom is -0.396 e. The number of carbonyl (C=O) groups is 1. The van der Waals surface area contributed by atoms with Crippen LogP contribution < -0.4 is 5.32 Å². The molecule has 0 radical (unpaired) electrons. The maximum atomic E-state index is 12.5. The zero-order valence-electron chi connectivity index (χ0n) is 14.0. The zero-order valence-corrected chi connectivity index (χ0v) is 14.0. The predicted molar refractivity (Wildman–Crippen MR) is 85.7 cm³/mol. The van der Waals surface area contributed by atoms with Crippen LogP contribution in [0.3, 0.4) is 0 Å². The van der Waals surface area contributed by atoms with Gasteiger partial charge in [0.1, 0.15) is 0 Å². The minimum atomic E-state index is -0.185. The second-order valence-corrected chi connectivity index (χ2v) is 6.92. The summed E-state index contributed by atoms with van der Waals surface area (Å²) in [5.74, 6) is 0.139. The molecule has 0 saturated carbocycles. The number of rotatable bonds is 6. The van der Waals surface area contributed by atoms with Gasteiger partial charge in [-0.1, -0.05) is 0 Å². The number of aliphatic hydroxyl groups excluding tert-OH is 1. The van der Waals surface area contributed by atoms with E-state index in [0.29, 0.717) is 32.3 Å². The first-order chi connectivity index (χ1) is 10.6. The van der Waals surface area contributed by atoms with E-state index in [2.05, 4.69) is 10.2 Å². The van der Waals surface area contributed by atoms with Gasteiger partial charge in [0, 0.05) is 38.3 Å². The number of hydrogen-bond acceptors (Lipinski definition) is 5. The Bertz CT molecular complexity index is 353. The van der Waals surface area contributed by atoms with Gasteiger partial charge in [0.2, 0.25) is 5.91 Å². The molecular weight excluding hydrogens is 282 g/mol. The molecule has 2 aliphatic rings. The third-order valence-electron chi connectivity index (χ3n) is 5.20. The molecule has 2 fully saturated rings. The van der Waals surface area contributed by atoms with Gasteiger partial charge in [0.05, 0.1) is 13.2 Å². The number of nitrogens with one attached hydrogen (secondary N) is 1. The van der Waals surface area contributed by atoms with Crippen molar-refractivity contribution in [2.24, 2.45) is 5.41 Å². The van der Waals surface area contributed by atoms with Gasteiger partial charge in [0.15, 0.2) is 0 Å². The van der Waals surface area contributed by atoms with Gasteiger partial charge in [-0.05, 0) is 45.8 Å². The number of piperidine rings is 1. The van der Waals surface area contributed by atoms with Gasteiger partial charge in [-0.2, -0.15) is 0 Å². The molecule has 2 N–H and O–H groups in total. The smallest absolute Gasteiger partial charge is 0.236 e. The topological polar surface area (TPSA) is 65.0 Å². The molecule has 0 spiro atoms. The number of hydrogen-bond donors (Lipinski definition) is 2. The minimum absolute atomic E-state index is 0.123. The van der Waals surface area contributed by atoms with Crippen LogP contribution >= 0.6 is 0 Å². The summed E-state index contributed by atoms with van der Waals surface area (Å²) in [6.07, 6.45) is 3.85. The van der Waals surface area contributed by atoms with E-state index in [1.807, 2.05) is 14.1 Å². The van der Waals surface area contributed by atoms with Crippen LogP contribution in [0.4, 0.5) is 0 Å². The molecule has 2 saturated heterocycles. The van der Waals surface area contributed by atoms with Crippen LogP contribution in [0.15, 0.2) is 0 Å². The molecular formula is C16H31N3O3. The molecule has 0 aromatic carbocycles. The van der Waals surface area contributed by atoms with E-state index in [1.54, 1.807) is 4.90 Å². The van der Waals surface area contributed by atoms with Crippen LogP contribution in [0.25, 0.3) is 0 Å². The molecule has 1 amide bonds. The van der Waals surface area contributed by atoms with Gasteiger partial charge in [-0.3, -0.25) is 9.69 Å². The van der Waals surface area contributed by atoms with E-state index in [9.17, 15) is 9.90 Å². The first-order valence-electron chi connectivity index (χ1n) is 8.40. The average molecular weight is 313 g/mol. The quantitative estimate of drug-likeness (QED) is 0.718. The summed E-state index contributed by atoms with van der Waals surface area (Å²) >= 11 is 0. The summed E-state index contributed by atoms with van der Waals surface area (Å²) in [4.78, 5) is 16.5. The molecule has 2 rings (SSSR count). The van der Waals surface area contributed by atoms with Crippen LogP contribution in [0.2, 0.25) is 0 Å². The molecule has 0 aliphatic carbocycles. The standard InChI is InChI=1S/C16H31N3O3/c1-18(14-3-7-17-8-4-14)11-15(21)19(2)12-16(13-20)5-9-22-10-6-16/h14,17,20H,3-13H2,1-2H3. The Kier molecular flexibility index (Phi) is 6.62. The molecule has 0 unspecified atom stereocenters. The summed E-state index contributed by atoms with van der Waals surface area (Å²) in [6, 6.07) is 0.494. The lowest BCUT2D eigenvalue weighted by Gasteiger charge is -2.39. The Hall–Kier alpha value is -0.690. The fraction of sp³-hybridized carbons (Fsp3) is 0.938. The molecule has 0 aromatic heterocycles. The van der Waals surface area contributed by atoms with Crippen molar-refractivity contribution in [3.05, 3.63) is 0 Å². The van der Waals surface area contributed by atoms with E-state index >= 15 is 0 Å². The highest BCUT2D eigenvalue weighted by molar-refractivity contribution is 5.78. The zero-order chi connectivity index (χ0) is 16.0. The SMILES string of the molecule is CN(CC1(CO)CCOCC1)C(=O)CN(C)C1CCNCC1. The average Bonchev–Trinajstić information content (AvgIpc) is 2.56. The largest absolute Gasteiger partial charge is 0.396 e. The second kappa shape index (κ2) is 8.24. The normalized spacial score (nSPS) is 22.7. The summed E-state index contributed by atoms with van der Waals surface area (Å²) in [5.41, 5.74) is -0.185. The van der Waals surface area contributed by atoms with E-state index < -0.39 is 0 Å². The van der Waals surface area contributed by atoms with E-state index in [1.165, 1.54) is 0 Å². The van der Waals surface area contributed by atoms with E-state index in [4.69, 9.17) is 4.74 Å². The lowest BCUT2D eigenvalue weighted by molar-refractivity contribution is -0.134. The Morgan fingerprint density at radius 2 is 1.91 bits per heavy atom. The van der Waals surface area contributed by atoms with Crippen molar-refractivity contribution in [2.45, 2.75) is 31.7 Å². The first-order valence-corrected chi connectivity index (χ1v) is 8.40. The Balaban J connectivity index is 1.82. The Labute approximate surface area is 133 Å². The van der Waals surface area contributed by atoms with Crippen molar-refractivity contribution in [3.8, 4) is 0 Å². The van der Waals surface area contributed by atoms with Crippen LogP contribution in [-0.2, 0) is 9.53 Å². The summed E-state index contributed by atoms with van der Waals surface area (Å²) < 4.78 is 5.38. The molecule has 0 atom stereocenters. The number of nitrogens with zero attached hydrogens (tertiary/aromatic N) is 2. The van der Waals surface area contributed by atoms with Gasteiger partial charge in [0.25, 0.3) is 0 Å². The third-order valence-corrected chi connectivity index (χ3v) is 5.20. The van der Waals surface area contributed by atoms with Crippen LogP contribution in [0.1, 0.15) is 25.7 Å². The highest BCUT2D eigenvalue weighted by Gasteiger charge is 2.34. The monoisotopic (exact) mass is 313 g/mol. The first kappa shape index (κ1) is 17.7. The van der Waals surface area contributed by atoms with Crippen molar-refractivity contribution in [2.75, 3.05) is 60.1 Å². The van der Waals surface area contributed by atoms with Gasteiger partial charge < -0.3 is 20.1 Å². The molecule has 0 bridgehead atoms. The molecule has 22 heavy (non-hydrogen) atoms. The van der Waals surface area contributed by atoms with Gasteiger partial charge >= 0.3 is 0 Å². The van der Waals surface area contributed by atoms with Crippen molar-refractivity contribution >= 4 is 5.91 Å². The maximum Gasteiger partial charge on any atom is 0.236 e. The van der Waals surface area contributed by atoms with Gasteiger partial charge in [-0.15, -0.1) is 0 Å². The number of amides is 1. The lowest BCUT2D eigenvalue weighted by atomic mass is 9.80. The number of aliphatic hydroxyl groups is 1. The predicted octanol–water partition coefficient (Wildman–Crippen LogP) is -0.0823. The van der Waals surface area contributed by atoms with Crippen molar-refractivity contribution in [1.29, 1.82) is 0 Å². The highest BCUT2D eigenvalue weighted by Crippen LogP contribution is 2.30. The summed E-state index contributed by atoms with van der Waals surface area (Å²) in [7, 11) is 3.89. The number of ether oxygens (including phenoxy) is 1. The Morgan fingerprint density at radius 3 is 2.50 bits per heavy atom. The van der Waals surface area contributed by atoms with Crippen LogP contribution in [0.5, 0.6) is 0 Å². The van der Waals surface area contributed by atoms with E-state index in [-0.39, 0.29) is 17.9 Å². The molecule has 2 heterocycles. The van der Waals surface area contributed by atoms with Crippen molar-refractivity contribution in [3.63, 3.8) is 0 Å². The molecule has 2 aliphatic heterocycles. The van der Waals surface area contributed by atoms with Crippen LogP contribution in [-0.4, -0.2) is 87.0 Å². The molecule has 6 heteroatoms. The molecule has 0 aromatic rings. The fourth-order valence-electron chi connectivity index (χ4n) is 3.47. The van der Waals surface area contributed by atoms with Gasteiger partial charge in [-0.25, -0.2) is 0 Å². The number of carbonyl (C=O) groups excluding carboxylic acids is 1. The molecule has 128 valence electrons. The maximum absolute atomic E-state index is 12.5.